The lowest BCUT2D eigenvalue weighted by Crippen LogP contribution is -2.32. The van der Waals surface area contributed by atoms with E-state index < -0.39 is 0 Å². The number of esters is 1. The van der Waals surface area contributed by atoms with Crippen molar-refractivity contribution in [1.29, 1.82) is 0 Å². The summed E-state index contributed by atoms with van der Waals surface area (Å²) >= 11 is 3.42. The first-order chi connectivity index (χ1) is 7.69. The lowest BCUT2D eigenvalue weighted by molar-refractivity contribution is -0.138. The molecular weight excluding hydrogens is 272 g/mol. The third-order valence-corrected chi connectivity index (χ3v) is 2.70. The maximum Gasteiger partial charge on any atom is 0.325 e. The van der Waals surface area contributed by atoms with Crippen LogP contribution in [0.3, 0.4) is 0 Å². The van der Waals surface area contributed by atoms with Crippen molar-refractivity contribution in [2.75, 3.05) is 25.1 Å². The van der Waals surface area contributed by atoms with Crippen LogP contribution in [-0.2, 0) is 9.53 Å². The Kier molecular flexibility index (Phi) is 5.25. The highest BCUT2D eigenvalue weighted by atomic mass is 79.9. The van der Waals surface area contributed by atoms with Crippen LogP contribution in [0.5, 0.6) is 0 Å². The molecule has 0 amide bonds. The molecule has 0 aliphatic heterocycles. The average Bonchev–Trinajstić information content (AvgIpc) is 2.29. The van der Waals surface area contributed by atoms with Gasteiger partial charge in [-0.05, 0) is 34.5 Å². The number of aromatic nitrogens is 1. The summed E-state index contributed by atoms with van der Waals surface area (Å²) in [4.78, 5) is 17.4. The smallest absolute Gasteiger partial charge is 0.325 e. The Hall–Kier alpha value is -1.10. The lowest BCUT2D eigenvalue weighted by Gasteiger charge is -2.22. The fourth-order valence-electron chi connectivity index (χ4n) is 1.36. The molecule has 0 atom stereocenters. The minimum Gasteiger partial charge on any atom is -0.468 e. The minimum absolute atomic E-state index is 0.222. The molecule has 0 N–H and O–H groups in total. The zero-order valence-corrected chi connectivity index (χ0v) is 11.0. The highest BCUT2D eigenvalue weighted by Crippen LogP contribution is 2.22. The summed E-state index contributed by atoms with van der Waals surface area (Å²) in [6.07, 6.45) is 2.65. The molecule has 1 heterocycles. The Balaban J connectivity index is 2.85. The van der Waals surface area contributed by atoms with Gasteiger partial charge in [-0.15, -0.1) is 0 Å². The van der Waals surface area contributed by atoms with Crippen LogP contribution in [0.4, 0.5) is 5.82 Å². The van der Waals surface area contributed by atoms with Crippen molar-refractivity contribution < 1.29 is 9.53 Å². The molecule has 4 nitrogen and oxygen atoms in total. The summed E-state index contributed by atoms with van der Waals surface area (Å²) in [5, 5.41) is 0. The van der Waals surface area contributed by atoms with E-state index in [1.807, 2.05) is 17.0 Å². The van der Waals surface area contributed by atoms with Crippen LogP contribution in [0.1, 0.15) is 13.3 Å². The maximum atomic E-state index is 11.3. The standard InChI is InChI=1S/C11H15BrN2O2/c1-3-7-14(8-10(15)16-2)11-9(12)5-4-6-13-11/h4-6H,3,7-8H2,1-2H3. The summed E-state index contributed by atoms with van der Waals surface area (Å²) in [5.41, 5.74) is 0. The molecule has 0 fully saturated rings. The Morgan fingerprint density at radius 2 is 2.38 bits per heavy atom. The fourth-order valence-corrected chi connectivity index (χ4v) is 1.87. The average molecular weight is 287 g/mol. The van der Waals surface area contributed by atoms with Crippen molar-refractivity contribution in [2.24, 2.45) is 0 Å². The van der Waals surface area contributed by atoms with Gasteiger partial charge in [-0.25, -0.2) is 4.98 Å². The molecule has 0 radical (unpaired) electrons. The van der Waals surface area contributed by atoms with Gasteiger partial charge in [-0.1, -0.05) is 6.92 Å². The third-order valence-electron chi connectivity index (χ3n) is 2.08. The molecule has 0 spiro atoms. The summed E-state index contributed by atoms with van der Waals surface area (Å²) in [7, 11) is 1.39. The Morgan fingerprint density at radius 3 is 2.94 bits per heavy atom. The van der Waals surface area contributed by atoms with E-state index in [2.05, 4.69) is 32.6 Å². The van der Waals surface area contributed by atoms with Gasteiger partial charge in [-0.3, -0.25) is 4.79 Å². The number of halogens is 1. The number of hydrogen-bond donors (Lipinski definition) is 0. The quantitative estimate of drug-likeness (QED) is 0.779. The molecule has 0 aliphatic carbocycles. The maximum absolute atomic E-state index is 11.3. The van der Waals surface area contributed by atoms with Gasteiger partial charge in [0.25, 0.3) is 0 Å². The SMILES string of the molecule is CCCN(CC(=O)OC)c1ncccc1Br. The fraction of sp³-hybridized carbons (Fsp3) is 0.455. The zero-order chi connectivity index (χ0) is 12.0. The Morgan fingerprint density at radius 1 is 1.62 bits per heavy atom. The molecule has 5 heteroatoms. The lowest BCUT2D eigenvalue weighted by atomic mass is 10.3. The van der Waals surface area contributed by atoms with Crippen LogP contribution < -0.4 is 4.90 Å². The van der Waals surface area contributed by atoms with E-state index in [1.54, 1.807) is 6.20 Å². The van der Waals surface area contributed by atoms with Crippen molar-refractivity contribution >= 4 is 27.7 Å². The number of rotatable bonds is 5. The minimum atomic E-state index is -0.258. The summed E-state index contributed by atoms with van der Waals surface area (Å²) in [5.74, 6) is 0.515. The molecule has 0 aromatic carbocycles. The first-order valence-electron chi connectivity index (χ1n) is 5.11. The molecule has 16 heavy (non-hydrogen) atoms. The molecule has 1 aromatic rings. The van der Waals surface area contributed by atoms with Crippen molar-refractivity contribution in [3.8, 4) is 0 Å². The van der Waals surface area contributed by atoms with Crippen molar-refractivity contribution in [3.63, 3.8) is 0 Å². The van der Waals surface area contributed by atoms with Gasteiger partial charge >= 0.3 is 5.97 Å². The predicted molar refractivity (Wildman–Crippen MR) is 66.5 cm³/mol. The monoisotopic (exact) mass is 286 g/mol. The highest BCUT2D eigenvalue weighted by molar-refractivity contribution is 9.10. The Labute approximate surface area is 104 Å². The Bertz CT molecular complexity index is 358. The van der Waals surface area contributed by atoms with Crippen molar-refractivity contribution in [3.05, 3.63) is 22.8 Å². The third kappa shape index (κ3) is 3.48. The molecule has 0 saturated heterocycles. The first kappa shape index (κ1) is 13.0. The van der Waals surface area contributed by atoms with Gasteiger partial charge in [0, 0.05) is 12.7 Å². The van der Waals surface area contributed by atoms with Crippen LogP contribution in [-0.4, -0.2) is 31.2 Å². The van der Waals surface area contributed by atoms with Crippen LogP contribution in [0.15, 0.2) is 22.8 Å². The second-order valence-corrected chi connectivity index (χ2v) is 4.16. The number of pyridine rings is 1. The number of nitrogens with zero attached hydrogens (tertiary/aromatic N) is 2. The molecule has 1 aromatic heterocycles. The van der Waals surface area contributed by atoms with Crippen molar-refractivity contribution in [2.45, 2.75) is 13.3 Å². The van der Waals surface area contributed by atoms with Gasteiger partial charge in [0.05, 0.1) is 11.6 Å². The van der Waals surface area contributed by atoms with Gasteiger partial charge in [0.15, 0.2) is 0 Å². The number of anilines is 1. The number of ether oxygens (including phenoxy) is 1. The van der Waals surface area contributed by atoms with Crippen molar-refractivity contribution in [1.82, 2.24) is 4.98 Å². The van der Waals surface area contributed by atoms with E-state index in [-0.39, 0.29) is 12.5 Å². The molecule has 0 unspecified atom stereocenters. The van der Waals surface area contributed by atoms with E-state index in [4.69, 9.17) is 0 Å². The van der Waals surface area contributed by atoms with Crippen LogP contribution in [0.25, 0.3) is 0 Å². The topological polar surface area (TPSA) is 42.4 Å². The van der Waals surface area contributed by atoms with E-state index in [0.29, 0.717) is 0 Å². The van der Waals surface area contributed by atoms with E-state index in [9.17, 15) is 4.79 Å². The van der Waals surface area contributed by atoms with Gasteiger partial charge in [-0.2, -0.15) is 0 Å². The molecule has 1 rings (SSSR count). The second-order valence-electron chi connectivity index (χ2n) is 3.31. The summed E-state index contributed by atoms with van der Waals surface area (Å²) < 4.78 is 5.55. The molecule has 0 saturated carbocycles. The van der Waals surface area contributed by atoms with Gasteiger partial charge in [0.2, 0.25) is 0 Å². The normalized spacial score (nSPS) is 9.94. The summed E-state index contributed by atoms with van der Waals surface area (Å²) in [6.45, 7) is 3.05. The van der Waals surface area contributed by atoms with Crippen LogP contribution >= 0.6 is 15.9 Å². The highest BCUT2D eigenvalue weighted by Gasteiger charge is 2.14. The number of carbonyl (C=O) groups is 1. The number of carbonyl (C=O) groups excluding carboxylic acids is 1. The largest absolute Gasteiger partial charge is 0.468 e. The summed E-state index contributed by atoms with van der Waals surface area (Å²) in [6, 6.07) is 3.75. The molecule has 0 aliphatic rings. The zero-order valence-electron chi connectivity index (χ0n) is 9.44. The van der Waals surface area contributed by atoms with E-state index >= 15 is 0 Å². The van der Waals surface area contributed by atoms with Gasteiger partial charge < -0.3 is 9.64 Å². The number of methoxy groups -OCH3 is 1. The van der Waals surface area contributed by atoms with E-state index in [1.165, 1.54) is 7.11 Å². The predicted octanol–water partition coefficient (Wildman–Crippen LogP) is 2.23. The molecule has 88 valence electrons. The number of hydrogen-bond acceptors (Lipinski definition) is 4. The van der Waals surface area contributed by atoms with Crippen LogP contribution in [0, 0.1) is 0 Å². The first-order valence-corrected chi connectivity index (χ1v) is 5.90. The van der Waals surface area contributed by atoms with E-state index in [0.717, 1.165) is 23.3 Å². The molecule has 0 bridgehead atoms. The second kappa shape index (κ2) is 6.48. The van der Waals surface area contributed by atoms with Crippen LogP contribution in [0.2, 0.25) is 0 Å². The molecular formula is C11H15BrN2O2. The van der Waals surface area contributed by atoms with Gasteiger partial charge in [0.1, 0.15) is 12.4 Å².